The van der Waals surface area contributed by atoms with E-state index in [-0.39, 0.29) is 70.6 Å². The molecule has 0 bridgehead atoms. The zero-order chi connectivity index (χ0) is 74.1. The lowest BCUT2D eigenvalue weighted by Crippen LogP contribution is -2.38. The summed E-state index contributed by atoms with van der Waals surface area (Å²) in [5, 5.41) is 64.9. The van der Waals surface area contributed by atoms with E-state index < -0.39 is 48.0 Å². The molecule has 20 N–H and O–H groups in total. The Morgan fingerprint density at radius 2 is 0.510 bits per heavy atom. The number of hydrogen-bond acceptors (Lipinski definition) is 32. The molecule has 4 aliphatic carbocycles. The van der Waals surface area contributed by atoms with Crippen molar-refractivity contribution in [1.29, 1.82) is 0 Å². The number of rotatable bonds is 24. The minimum Gasteiger partial charge on any atom is -0.391 e. The SMILES string of the molecule is COC1CCC(Nc2ncc(C(N)=O)c(NC3COCC(O)C3)n2)CC1.COC1CCC(Nc2ncc(C(N)=O)c(NC3COCC(O)C3)n2)CC1.COC1CCC(Nc2ncc(C(N)=O)c(NC3COCC(O)C3)n2)CC1.COC1CCC(Nc2ncc(C(N)=O)c(NC3COCC(O)C3)n2)CC1. The summed E-state index contributed by atoms with van der Waals surface area (Å²) < 4.78 is 42.9. The molecule has 4 aromatic rings. The molecule has 4 aliphatic heterocycles. The number of aliphatic hydroxyl groups excluding tert-OH is 4. The van der Waals surface area contributed by atoms with Gasteiger partial charge in [-0.1, -0.05) is 0 Å². The lowest BCUT2D eigenvalue weighted by Gasteiger charge is -2.29. The van der Waals surface area contributed by atoms with Gasteiger partial charge in [0.25, 0.3) is 23.6 Å². The molecule has 0 radical (unpaired) electrons. The molecule has 576 valence electrons. The van der Waals surface area contributed by atoms with Crippen molar-refractivity contribution in [3.05, 3.63) is 47.0 Å². The third-order valence-corrected chi connectivity index (χ3v) is 19.7. The molecule has 8 heterocycles. The van der Waals surface area contributed by atoms with E-state index in [0.29, 0.717) is 150 Å². The Morgan fingerprint density at radius 3 is 0.673 bits per heavy atom. The van der Waals surface area contributed by atoms with Crippen LogP contribution >= 0.6 is 0 Å². The number of hydrogen-bond donors (Lipinski definition) is 16. The first-order valence-electron chi connectivity index (χ1n) is 36.1. The zero-order valence-corrected chi connectivity index (χ0v) is 59.9. The molecule has 12 rings (SSSR count). The number of aromatic nitrogens is 8. The van der Waals surface area contributed by atoms with Crippen LogP contribution in [0.25, 0.3) is 0 Å². The molecule has 0 spiro atoms. The second-order valence-corrected chi connectivity index (χ2v) is 27.8. The van der Waals surface area contributed by atoms with E-state index >= 15 is 0 Å². The molecule has 4 saturated carbocycles. The number of nitrogens with zero attached hydrogens (tertiary/aromatic N) is 8. The third kappa shape index (κ3) is 25.2. The van der Waals surface area contributed by atoms with Crippen molar-refractivity contribution in [3.63, 3.8) is 0 Å². The number of carbonyl (C=O) groups is 4. The van der Waals surface area contributed by atoms with Crippen LogP contribution in [0.3, 0.4) is 0 Å². The van der Waals surface area contributed by atoms with Crippen LogP contribution in [-0.2, 0) is 37.9 Å². The monoisotopic (exact) mass is 1460 g/mol. The molecule has 4 amide bonds. The molecular formula is C68H108N20O16. The van der Waals surface area contributed by atoms with Crippen LogP contribution < -0.4 is 65.5 Å². The molecule has 8 fully saturated rings. The number of nitrogens with one attached hydrogen (secondary N) is 8. The van der Waals surface area contributed by atoms with Crippen LogP contribution in [0.4, 0.5) is 47.1 Å². The van der Waals surface area contributed by atoms with Gasteiger partial charge in [-0.25, -0.2) is 19.9 Å². The topological polar surface area (TPSA) is 526 Å². The highest BCUT2D eigenvalue weighted by Crippen LogP contribution is 2.30. The first-order chi connectivity index (χ1) is 50.2. The molecule has 4 aromatic heterocycles. The maximum absolute atomic E-state index is 11.7. The average Bonchev–Trinajstić information content (AvgIpc) is 0.843. The Balaban J connectivity index is 0.000000161. The standard InChI is InChI=1S/4C17H27N5O4/c4*1-25-13-4-2-10(3-5-13)21-17-19-7-14(15(18)24)16(22-17)20-11-6-12(23)9-26-8-11/h4*7,10-13,23H,2-6,8-9H2,1H3,(H2,18,24)(H2,19,20,21,22). The molecule has 4 saturated heterocycles. The summed E-state index contributed by atoms with van der Waals surface area (Å²) in [5.74, 6) is 0.874. The normalized spacial score (nSPS) is 29.2. The summed E-state index contributed by atoms with van der Waals surface area (Å²) in [6, 6.07) is 0.519. The smallest absolute Gasteiger partial charge is 0.254 e. The highest BCUT2D eigenvalue weighted by atomic mass is 16.5. The number of anilines is 8. The van der Waals surface area contributed by atoms with Crippen LogP contribution in [0.1, 0.15) is 170 Å². The molecule has 8 atom stereocenters. The molecule has 36 heteroatoms. The quantitative estimate of drug-likeness (QED) is 0.0477. The third-order valence-electron chi connectivity index (χ3n) is 19.7. The van der Waals surface area contributed by atoms with Crippen molar-refractivity contribution < 1.29 is 77.5 Å². The number of primary amides is 4. The second kappa shape index (κ2) is 40.6. The van der Waals surface area contributed by atoms with Crippen LogP contribution in [0, 0.1) is 0 Å². The van der Waals surface area contributed by atoms with E-state index in [1.165, 1.54) is 24.8 Å². The maximum Gasteiger partial charge on any atom is 0.254 e. The second-order valence-electron chi connectivity index (χ2n) is 27.8. The molecule has 8 aliphatic rings. The van der Waals surface area contributed by atoms with Gasteiger partial charge < -0.3 is 124 Å². The van der Waals surface area contributed by atoms with Crippen molar-refractivity contribution in [3.8, 4) is 0 Å². The van der Waals surface area contributed by atoms with E-state index in [9.17, 15) is 39.6 Å². The van der Waals surface area contributed by atoms with Gasteiger partial charge in [0.05, 0.1) is 148 Å². The minimum atomic E-state index is -0.600. The Kier molecular flexibility index (Phi) is 31.3. The van der Waals surface area contributed by atoms with Crippen molar-refractivity contribution in [2.24, 2.45) is 22.9 Å². The first kappa shape index (κ1) is 80.2. The Bertz CT molecular complexity index is 2910. The summed E-state index contributed by atoms with van der Waals surface area (Å²) in [5.41, 5.74) is 22.6. The predicted octanol–water partition coefficient (Wildman–Crippen LogP) is 2.03. The van der Waals surface area contributed by atoms with E-state index in [4.69, 9.17) is 60.8 Å². The summed E-state index contributed by atoms with van der Waals surface area (Å²) >= 11 is 0. The first-order valence-corrected chi connectivity index (χ1v) is 36.1. The van der Waals surface area contributed by atoms with E-state index in [2.05, 4.69) is 82.4 Å². The van der Waals surface area contributed by atoms with E-state index in [1.54, 1.807) is 28.4 Å². The van der Waals surface area contributed by atoms with Crippen molar-refractivity contribution in [2.45, 2.75) is 226 Å². The van der Waals surface area contributed by atoms with Crippen LogP contribution in [0.15, 0.2) is 24.8 Å². The van der Waals surface area contributed by atoms with Gasteiger partial charge in [-0.05, 0) is 128 Å². The molecule has 36 nitrogen and oxygen atoms in total. The van der Waals surface area contributed by atoms with Gasteiger partial charge in [0, 0.05) is 77.4 Å². The van der Waals surface area contributed by atoms with Crippen molar-refractivity contribution in [2.75, 3.05) is 124 Å². The van der Waals surface area contributed by atoms with Crippen molar-refractivity contribution >= 4 is 70.7 Å². The van der Waals surface area contributed by atoms with Gasteiger partial charge in [0.15, 0.2) is 0 Å². The predicted molar refractivity (Wildman–Crippen MR) is 384 cm³/mol. The largest absolute Gasteiger partial charge is 0.391 e. The van der Waals surface area contributed by atoms with E-state index in [1.807, 2.05) is 0 Å². The highest BCUT2D eigenvalue weighted by Gasteiger charge is 2.31. The summed E-state index contributed by atoms with van der Waals surface area (Å²) in [6.07, 6.45) is 22.7. The van der Waals surface area contributed by atoms with Crippen LogP contribution in [0.5, 0.6) is 0 Å². The fraction of sp³-hybridized carbons (Fsp3) is 0.706. The molecule has 0 aromatic carbocycles. The van der Waals surface area contributed by atoms with Gasteiger partial charge in [0.1, 0.15) is 23.3 Å². The Labute approximate surface area is 605 Å². The zero-order valence-electron chi connectivity index (χ0n) is 59.9. The summed E-state index contributed by atoms with van der Waals surface area (Å²) in [4.78, 5) is 81.4. The lowest BCUT2D eigenvalue weighted by atomic mass is 9.93. The van der Waals surface area contributed by atoms with Crippen LogP contribution in [-0.4, -0.2) is 262 Å². The molecular weight excluding hydrogens is 1350 g/mol. The van der Waals surface area contributed by atoms with Gasteiger partial charge in [0.2, 0.25) is 23.8 Å². The number of ether oxygens (including phenoxy) is 8. The Hall–Kier alpha value is -7.88. The van der Waals surface area contributed by atoms with Gasteiger partial charge >= 0.3 is 0 Å². The maximum atomic E-state index is 11.7. The fourth-order valence-electron chi connectivity index (χ4n) is 13.9. The number of methoxy groups -OCH3 is 4. The number of amides is 4. The number of nitrogens with two attached hydrogens (primary N) is 4. The van der Waals surface area contributed by atoms with E-state index in [0.717, 1.165) is 103 Å². The number of carbonyl (C=O) groups excluding carboxylic acids is 4. The van der Waals surface area contributed by atoms with Gasteiger partial charge in [-0.2, -0.15) is 19.9 Å². The minimum absolute atomic E-state index is 0.142. The Morgan fingerprint density at radius 1 is 0.317 bits per heavy atom. The van der Waals surface area contributed by atoms with Gasteiger partial charge in [-0.3, -0.25) is 19.2 Å². The van der Waals surface area contributed by atoms with Crippen molar-refractivity contribution in [1.82, 2.24) is 39.9 Å². The molecule has 8 unspecified atom stereocenters. The fourth-order valence-corrected chi connectivity index (χ4v) is 13.9. The number of aliphatic hydroxyl groups is 4. The van der Waals surface area contributed by atoms with Crippen LogP contribution in [0.2, 0.25) is 0 Å². The highest BCUT2D eigenvalue weighted by molar-refractivity contribution is 5.99. The lowest BCUT2D eigenvalue weighted by molar-refractivity contribution is -0.0118. The summed E-state index contributed by atoms with van der Waals surface area (Å²) in [7, 11) is 6.98. The summed E-state index contributed by atoms with van der Waals surface area (Å²) in [6.45, 7) is 3.02. The van der Waals surface area contributed by atoms with Gasteiger partial charge in [-0.15, -0.1) is 0 Å². The average molecular weight is 1460 g/mol. The molecule has 104 heavy (non-hydrogen) atoms.